The molecule has 11 heavy (non-hydrogen) atoms. The van der Waals surface area contributed by atoms with Crippen LogP contribution in [-0.4, -0.2) is 41.9 Å². The van der Waals surface area contributed by atoms with Crippen molar-refractivity contribution in [3.8, 4) is 0 Å². The first-order chi connectivity index (χ1) is 4.70. The van der Waals surface area contributed by atoms with Crippen molar-refractivity contribution in [1.29, 1.82) is 0 Å². The summed E-state index contributed by atoms with van der Waals surface area (Å²) in [6.07, 6.45) is -0.806. The van der Waals surface area contributed by atoms with Gasteiger partial charge in [0.1, 0.15) is 0 Å². The predicted octanol–water partition coefficient (Wildman–Crippen LogP) is 0.807. The molecule has 1 N–H and O–H groups in total. The lowest BCUT2D eigenvalue weighted by molar-refractivity contribution is -0.0120. The van der Waals surface area contributed by atoms with Gasteiger partial charge in [0.25, 0.3) is 0 Å². The minimum atomic E-state index is -0.852. The molecule has 1 aliphatic heterocycles. The topological polar surface area (TPSA) is 49.8 Å². The Hall–Kier alpha value is -0.480. The van der Waals surface area contributed by atoms with Crippen LogP contribution in [0.2, 0.25) is 0 Å². The molecule has 1 amide bonds. The molecule has 5 heteroatoms. The summed E-state index contributed by atoms with van der Waals surface area (Å²) in [6, 6.07) is 0. The van der Waals surface area contributed by atoms with Gasteiger partial charge in [0, 0.05) is 6.54 Å². The Morgan fingerprint density at radius 2 is 2.36 bits per heavy atom. The fourth-order valence-electron chi connectivity index (χ4n) is 0.992. The van der Waals surface area contributed by atoms with Gasteiger partial charge in [0.2, 0.25) is 0 Å². The van der Waals surface area contributed by atoms with Gasteiger partial charge in [-0.1, -0.05) is 0 Å². The first-order valence-electron chi connectivity index (χ1n) is 3.29. The number of amides is 1. The van der Waals surface area contributed by atoms with E-state index in [1.165, 1.54) is 4.90 Å². The number of halogens is 1. The van der Waals surface area contributed by atoms with E-state index in [1.54, 1.807) is 0 Å². The number of hydrogen-bond donors (Lipinski definition) is 1. The molecule has 1 fully saturated rings. The van der Waals surface area contributed by atoms with Crippen LogP contribution in [0.5, 0.6) is 0 Å². The van der Waals surface area contributed by atoms with Gasteiger partial charge < -0.3 is 14.7 Å². The van der Waals surface area contributed by atoms with Crippen molar-refractivity contribution in [2.24, 2.45) is 0 Å². The first-order valence-corrected chi connectivity index (χ1v) is 3.29. The molecule has 1 atom stereocenters. The molecule has 1 saturated heterocycles. The molecule has 0 spiro atoms. The Kier molecular flexibility index (Phi) is 4.22. The molecule has 1 aliphatic rings. The second kappa shape index (κ2) is 4.41. The smallest absolute Gasteiger partial charge is 0.407 e. The zero-order valence-corrected chi connectivity index (χ0v) is 7.13. The number of nitrogens with zero attached hydrogens (tertiary/aromatic N) is 1. The predicted molar refractivity (Wildman–Crippen MR) is 42.3 cm³/mol. The van der Waals surface area contributed by atoms with E-state index in [-0.39, 0.29) is 18.5 Å². The molecule has 0 bridgehead atoms. The Bertz CT molecular complexity index is 142. The Balaban J connectivity index is 0.000001000. The van der Waals surface area contributed by atoms with Crippen molar-refractivity contribution in [1.82, 2.24) is 4.90 Å². The zero-order valence-electron chi connectivity index (χ0n) is 6.32. The molecular weight excluding hydrogens is 170 g/mol. The fraction of sp³-hybridized carbons (Fsp3) is 0.833. The molecular formula is C6H12ClNO3. The average Bonchev–Trinajstić information content (AvgIpc) is 1.88. The highest BCUT2D eigenvalue weighted by atomic mass is 35.5. The van der Waals surface area contributed by atoms with Gasteiger partial charge in [-0.3, -0.25) is 0 Å². The maximum absolute atomic E-state index is 10.4. The molecule has 0 aliphatic carbocycles. The monoisotopic (exact) mass is 181 g/mol. The summed E-state index contributed by atoms with van der Waals surface area (Å²) in [6.45, 7) is 3.39. The number of ether oxygens (including phenoxy) is 1. The van der Waals surface area contributed by atoms with Gasteiger partial charge in [-0.25, -0.2) is 4.79 Å². The van der Waals surface area contributed by atoms with E-state index in [0.717, 1.165) is 0 Å². The van der Waals surface area contributed by atoms with Gasteiger partial charge in [0.15, 0.2) is 0 Å². The normalized spacial score (nSPS) is 24.1. The van der Waals surface area contributed by atoms with Crippen LogP contribution in [-0.2, 0) is 4.74 Å². The summed E-state index contributed by atoms with van der Waals surface area (Å²) in [5.74, 6) is 0. The van der Waals surface area contributed by atoms with Crippen LogP contribution in [0.3, 0.4) is 0 Å². The van der Waals surface area contributed by atoms with E-state index in [1.807, 2.05) is 6.92 Å². The standard InChI is InChI=1S/C6H11NO3.ClH/c1-5-4-7(6(8)9)2-3-10-5;/h5H,2-4H2,1H3,(H,8,9);1H. The van der Waals surface area contributed by atoms with Gasteiger partial charge in [-0.2, -0.15) is 0 Å². The molecule has 1 rings (SSSR count). The second-order valence-electron chi connectivity index (χ2n) is 2.41. The third-order valence-corrected chi connectivity index (χ3v) is 1.51. The SMILES string of the molecule is CC1CN(C(=O)O)CCO1.Cl. The summed E-state index contributed by atoms with van der Waals surface area (Å²) >= 11 is 0. The van der Waals surface area contributed by atoms with Crippen molar-refractivity contribution >= 4 is 18.5 Å². The van der Waals surface area contributed by atoms with Crippen LogP contribution in [0.15, 0.2) is 0 Å². The molecule has 66 valence electrons. The van der Waals surface area contributed by atoms with Crippen LogP contribution in [0, 0.1) is 0 Å². The highest BCUT2D eigenvalue weighted by Crippen LogP contribution is 2.03. The number of carbonyl (C=O) groups is 1. The molecule has 0 aromatic heterocycles. The quantitative estimate of drug-likeness (QED) is 0.602. The van der Waals surface area contributed by atoms with E-state index >= 15 is 0 Å². The highest BCUT2D eigenvalue weighted by molar-refractivity contribution is 5.85. The number of hydrogen-bond acceptors (Lipinski definition) is 2. The first kappa shape index (κ1) is 10.5. The third-order valence-electron chi connectivity index (χ3n) is 1.51. The van der Waals surface area contributed by atoms with E-state index in [9.17, 15) is 4.79 Å². The Morgan fingerprint density at radius 3 is 2.73 bits per heavy atom. The van der Waals surface area contributed by atoms with Gasteiger partial charge in [-0.05, 0) is 6.92 Å². The molecule has 0 saturated carbocycles. The van der Waals surface area contributed by atoms with Crippen LogP contribution in [0.4, 0.5) is 4.79 Å². The summed E-state index contributed by atoms with van der Waals surface area (Å²) in [4.78, 5) is 11.7. The van der Waals surface area contributed by atoms with E-state index in [4.69, 9.17) is 9.84 Å². The summed E-state index contributed by atoms with van der Waals surface area (Å²) < 4.78 is 5.15. The van der Waals surface area contributed by atoms with Crippen LogP contribution < -0.4 is 0 Å². The zero-order chi connectivity index (χ0) is 7.56. The fourth-order valence-corrected chi connectivity index (χ4v) is 0.992. The summed E-state index contributed by atoms with van der Waals surface area (Å²) in [7, 11) is 0. The molecule has 0 aromatic carbocycles. The van der Waals surface area contributed by atoms with Gasteiger partial charge in [-0.15, -0.1) is 12.4 Å². The number of rotatable bonds is 0. The van der Waals surface area contributed by atoms with Crippen molar-refractivity contribution in [3.63, 3.8) is 0 Å². The van der Waals surface area contributed by atoms with E-state index in [2.05, 4.69) is 0 Å². The third kappa shape index (κ3) is 2.95. The van der Waals surface area contributed by atoms with Gasteiger partial charge in [0.05, 0.1) is 19.3 Å². The molecule has 1 unspecified atom stereocenters. The molecule has 0 aromatic rings. The largest absolute Gasteiger partial charge is 0.465 e. The van der Waals surface area contributed by atoms with Gasteiger partial charge >= 0.3 is 6.09 Å². The van der Waals surface area contributed by atoms with E-state index in [0.29, 0.717) is 19.7 Å². The molecule has 4 nitrogen and oxygen atoms in total. The highest BCUT2D eigenvalue weighted by Gasteiger charge is 2.19. The lowest BCUT2D eigenvalue weighted by atomic mass is 10.3. The van der Waals surface area contributed by atoms with Crippen molar-refractivity contribution in [2.45, 2.75) is 13.0 Å². The summed E-state index contributed by atoms with van der Waals surface area (Å²) in [5.41, 5.74) is 0. The van der Waals surface area contributed by atoms with Crippen molar-refractivity contribution in [3.05, 3.63) is 0 Å². The maximum atomic E-state index is 10.4. The van der Waals surface area contributed by atoms with Crippen LogP contribution in [0.25, 0.3) is 0 Å². The average molecular weight is 182 g/mol. The van der Waals surface area contributed by atoms with E-state index < -0.39 is 6.09 Å². The van der Waals surface area contributed by atoms with Crippen LogP contribution in [0.1, 0.15) is 6.92 Å². The van der Waals surface area contributed by atoms with Crippen molar-refractivity contribution < 1.29 is 14.6 Å². The molecule has 1 heterocycles. The maximum Gasteiger partial charge on any atom is 0.407 e. The summed E-state index contributed by atoms with van der Waals surface area (Å²) in [5, 5.41) is 8.53. The minimum absolute atomic E-state index is 0. The second-order valence-corrected chi connectivity index (χ2v) is 2.41. The Morgan fingerprint density at radius 1 is 1.73 bits per heavy atom. The van der Waals surface area contributed by atoms with Crippen LogP contribution >= 0.6 is 12.4 Å². The Labute approximate surface area is 71.5 Å². The molecule has 0 radical (unpaired) electrons. The number of morpholine rings is 1. The number of carboxylic acid groups (broad SMARTS) is 1. The lowest BCUT2D eigenvalue weighted by Crippen LogP contribution is -2.43. The minimum Gasteiger partial charge on any atom is -0.465 e. The lowest BCUT2D eigenvalue weighted by Gasteiger charge is -2.28. The van der Waals surface area contributed by atoms with Crippen molar-refractivity contribution in [2.75, 3.05) is 19.7 Å².